The van der Waals surface area contributed by atoms with E-state index < -0.39 is 5.97 Å². The molecule has 7 nitrogen and oxygen atoms in total. The van der Waals surface area contributed by atoms with Crippen molar-refractivity contribution in [2.45, 2.75) is 38.3 Å². The second-order valence-electron chi connectivity index (χ2n) is 6.04. The fraction of sp³-hybridized carbons (Fsp3) is 0.471. The van der Waals surface area contributed by atoms with Gasteiger partial charge < -0.3 is 19.3 Å². The van der Waals surface area contributed by atoms with Gasteiger partial charge in [-0.25, -0.2) is 4.79 Å². The number of rotatable bonds is 5. The lowest BCUT2D eigenvalue weighted by Gasteiger charge is -2.31. The van der Waals surface area contributed by atoms with E-state index in [1.54, 1.807) is 24.3 Å². The first-order valence-corrected chi connectivity index (χ1v) is 8.00. The van der Waals surface area contributed by atoms with Crippen LogP contribution in [0, 0.1) is 0 Å². The fourth-order valence-corrected chi connectivity index (χ4v) is 2.75. The summed E-state index contributed by atoms with van der Waals surface area (Å²) in [7, 11) is 1.34. The maximum absolute atomic E-state index is 11.5. The van der Waals surface area contributed by atoms with E-state index in [1.807, 2.05) is 0 Å². The Bertz CT molecular complexity index is 713. The highest BCUT2D eigenvalue weighted by atomic mass is 35.5. The number of esters is 1. The third kappa shape index (κ3) is 4.49. The van der Waals surface area contributed by atoms with Crippen molar-refractivity contribution in [3.05, 3.63) is 41.5 Å². The zero-order valence-corrected chi connectivity index (χ0v) is 15.1. The van der Waals surface area contributed by atoms with Gasteiger partial charge in [0, 0.05) is 0 Å². The van der Waals surface area contributed by atoms with E-state index >= 15 is 0 Å². The Labute approximate surface area is 152 Å². The van der Waals surface area contributed by atoms with Gasteiger partial charge in [-0.15, -0.1) is 12.4 Å². The van der Waals surface area contributed by atoms with Crippen LogP contribution in [0.2, 0.25) is 0 Å². The smallest absolute Gasteiger partial charge is 0.337 e. The van der Waals surface area contributed by atoms with Crippen molar-refractivity contribution in [1.82, 2.24) is 15.5 Å². The van der Waals surface area contributed by atoms with Gasteiger partial charge in [-0.05, 0) is 50.9 Å². The molecule has 1 aliphatic rings. The number of carbonyl (C=O) groups excluding carboxylic acids is 1. The van der Waals surface area contributed by atoms with E-state index in [1.165, 1.54) is 7.11 Å². The van der Waals surface area contributed by atoms with Crippen molar-refractivity contribution >= 4 is 18.4 Å². The Balaban J connectivity index is 0.00000225. The summed E-state index contributed by atoms with van der Waals surface area (Å²) in [5.41, 5.74) is 0.164. The van der Waals surface area contributed by atoms with Crippen LogP contribution in [0.1, 0.15) is 48.3 Å². The molecule has 3 rings (SSSR count). The topological polar surface area (TPSA) is 86.5 Å². The highest BCUT2D eigenvalue weighted by molar-refractivity contribution is 5.89. The van der Waals surface area contributed by atoms with Crippen molar-refractivity contribution in [2.24, 2.45) is 0 Å². The number of piperidine rings is 1. The quantitative estimate of drug-likeness (QED) is 0.813. The second kappa shape index (κ2) is 8.31. The van der Waals surface area contributed by atoms with E-state index in [2.05, 4.69) is 22.4 Å². The van der Waals surface area contributed by atoms with Crippen LogP contribution in [-0.4, -0.2) is 29.8 Å². The Morgan fingerprint density at radius 2 is 2.24 bits per heavy atom. The number of aromatic nitrogens is 2. The summed E-state index contributed by atoms with van der Waals surface area (Å²) in [5.74, 6) is 1.20. The molecule has 0 amide bonds. The number of carbonyl (C=O) groups is 1. The van der Waals surface area contributed by atoms with Crippen molar-refractivity contribution < 1.29 is 18.8 Å². The van der Waals surface area contributed by atoms with Crippen LogP contribution in [0.3, 0.4) is 0 Å². The lowest BCUT2D eigenvalue weighted by molar-refractivity contribution is 0.0600. The average molecular weight is 368 g/mol. The molecule has 8 heteroatoms. The first-order chi connectivity index (χ1) is 11.6. The molecule has 2 aromatic rings. The van der Waals surface area contributed by atoms with Gasteiger partial charge >= 0.3 is 5.97 Å². The molecule has 0 spiro atoms. The molecule has 1 aliphatic heterocycles. The number of hydrogen-bond donors (Lipinski definition) is 1. The van der Waals surface area contributed by atoms with Crippen LogP contribution >= 0.6 is 12.4 Å². The number of nitrogens with one attached hydrogen (secondary N) is 1. The number of halogens is 1. The van der Waals surface area contributed by atoms with Gasteiger partial charge in [-0.2, -0.15) is 4.98 Å². The minimum atomic E-state index is -0.404. The van der Waals surface area contributed by atoms with Crippen molar-refractivity contribution in [1.29, 1.82) is 0 Å². The largest absolute Gasteiger partial charge is 0.485 e. The molecule has 0 aliphatic carbocycles. The van der Waals surface area contributed by atoms with Crippen LogP contribution in [-0.2, 0) is 16.9 Å². The molecule has 1 atom stereocenters. The monoisotopic (exact) mass is 367 g/mol. The van der Waals surface area contributed by atoms with Gasteiger partial charge in [0.25, 0.3) is 0 Å². The van der Waals surface area contributed by atoms with Crippen LogP contribution in [0.25, 0.3) is 0 Å². The predicted molar refractivity (Wildman–Crippen MR) is 92.9 cm³/mol. The molecule has 25 heavy (non-hydrogen) atoms. The molecule has 0 saturated carbocycles. The molecular formula is C17H22ClN3O4. The molecule has 1 unspecified atom stereocenters. The second-order valence-corrected chi connectivity index (χ2v) is 6.04. The Hall–Kier alpha value is -2.12. The summed E-state index contributed by atoms with van der Waals surface area (Å²) in [4.78, 5) is 16.0. The van der Waals surface area contributed by atoms with E-state index in [0.29, 0.717) is 23.0 Å². The molecular weight excluding hydrogens is 346 g/mol. The Morgan fingerprint density at radius 3 is 2.96 bits per heavy atom. The van der Waals surface area contributed by atoms with Crippen molar-refractivity contribution in [3.63, 3.8) is 0 Å². The Kier molecular flexibility index (Phi) is 6.39. The van der Waals surface area contributed by atoms with Crippen LogP contribution in [0.4, 0.5) is 0 Å². The van der Waals surface area contributed by atoms with Crippen molar-refractivity contribution in [2.75, 3.05) is 13.7 Å². The highest BCUT2D eigenvalue weighted by Crippen LogP contribution is 2.28. The lowest BCUT2D eigenvalue weighted by atomic mass is 9.91. The summed E-state index contributed by atoms with van der Waals surface area (Å²) in [6.07, 6.45) is 3.27. The molecule has 136 valence electrons. The zero-order valence-electron chi connectivity index (χ0n) is 14.3. The molecule has 0 radical (unpaired) electrons. The number of hydrogen-bond acceptors (Lipinski definition) is 7. The van der Waals surface area contributed by atoms with Gasteiger partial charge in [0.15, 0.2) is 6.61 Å². The number of benzene rings is 1. The maximum atomic E-state index is 11.5. The molecule has 0 bridgehead atoms. The summed E-state index contributed by atoms with van der Waals surface area (Å²) >= 11 is 0. The van der Waals surface area contributed by atoms with E-state index in [-0.39, 0.29) is 24.6 Å². The van der Waals surface area contributed by atoms with Gasteiger partial charge in [0.2, 0.25) is 11.7 Å². The van der Waals surface area contributed by atoms with Crippen LogP contribution < -0.4 is 10.1 Å². The van der Waals surface area contributed by atoms with Gasteiger partial charge in [-0.1, -0.05) is 11.2 Å². The van der Waals surface area contributed by atoms with Gasteiger partial charge in [0.05, 0.1) is 18.2 Å². The first kappa shape index (κ1) is 19.2. The maximum Gasteiger partial charge on any atom is 0.337 e. The summed E-state index contributed by atoms with van der Waals surface area (Å²) in [6, 6.07) is 6.78. The third-order valence-corrected chi connectivity index (χ3v) is 4.18. The fourth-order valence-electron chi connectivity index (χ4n) is 2.75. The molecule has 1 fully saturated rings. The van der Waals surface area contributed by atoms with E-state index in [0.717, 1.165) is 25.8 Å². The zero-order chi connectivity index (χ0) is 17.0. The van der Waals surface area contributed by atoms with Gasteiger partial charge in [-0.3, -0.25) is 0 Å². The summed E-state index contributed by atoms with van der Waals surface area (Å²) < 4.78 is 15.7. The SMILES string of the molecule is COC(=O)c1cccc(OCc2noc(C3(C)CCCCN3)n2)c1.Cl. The predicted octanol–water partition coefficient (Wildman–Crippen LogP) is 2.85. The number of methoxy groups -OCH3 is 1. The third-order valence-electron chi connectivity index (χ3n) is 4.18. The average Bonchev–Trinajstić information content (AvgIpc) is 3.10. The standard InChI is InChI=1S/C17H21N3O4.ClH/c1-17(8-3-4-9-18-17)16-19-14(20-24-16)11-23-13-7-5-6-12(10-13)15(21)22-2;/h5-7,10,18H,3-4,8-9,11H2,1-2H3;1H. The normalized spacial score (nSPS) is 19.8. The number of ether oxygens (including phenoxy) is 2. The van der Waals surface area contributed by atoms with Crippen LogP contribution in [0.5, 0.6) is 5.75 Å². The van der Waals surface area contributed by atoms with Crippen molar-refractivity contribution in [3.8, 4) is 5.75 Å². The lowest BCUT2D eigenvalue weighted by Crippen LogP contribution is -2.43. The molecule has 2 heterocycles. The summed E-state index contributed by atoms with van der Waals surface area (Å²) in [6.45, 7) is 3.19. The highest BCUT2D eigenvalue weighted by Gasteiger charge is 2.34. The molecule has 1 saturated heterocycles. The van der Waals surface area contributed by atoms with Gasteiger partial charge in [0.1, 0.15) is 5.75 Å². The van der Waals surface area contributed by atoms with E-state index in [9.17, 15) is 4.79 Å². The Morgan fingerprint density at radius 1 is 1.40 bits per heavy atom. The number of nitrogens with zero attached hydrogens (tertiary/aromatic N) is 2. The summed E-state index contributed by atoms with van der Waals surface area (Å²) in [5, 5.41) is 7.42. The molecule has 1 aromatic carbocycles. The molecule has 1 N–H and O–H groups in total. The van der Waals surface area contributed by atoms with E-state index in [4.69, 9.17) is 14.0 Å². The van der Waals surface area contributed by atoms with Crippen LogP contribution in [0.15, 0.2) is 28.8 Å². The minimum absolute atomic E-state index is 0. The molecule has 1 aromatic heterocycles. The first-order valence-electron chi connectivity index (χ1n) is 8.00. The minimum Gasteiger partial charge on any atom is -0.485 e.